The molecule has 1 fully saturated rings. The predicted octanol–water partition coefficient (Wildman–Crippen LogP) is 3.53. The summed E-state index contributed by atoms with van der Waals surface area (Å²) in [5.74, 6) is -0.183. The average molecular weight is 312 g/mol. The number of rotatable bonds is 6. The zero-order chi connectivity index (χ0) is 16.2. The molecular weight excluding hydrogens is 291 g/mol. The van der Waals surface area contributed by atoms with Gasteiger partial charge in [0.2, 0.25) is 5.91 Å². The number of aryl methyl sites for hydroxylation is 1. The molecule has 120 valence electrons. The number of nitrogens with two attached hydrogens (primary N) is 1. The van der Waals surface area contributed by atoms with Gasteiger partial charge in [-0.2, -0.15) is 0 Å². The average Bonchev–Trinajstić information content (AvgIpc) is 3.38. The van der Waals surface area contributed by atoms with Gasteiger partial charge >= 0.3 is 0 Å². The molecule has 2 N–H and O–H groups in total. The van der Waals surface area contributed by atoms with E-state index >= 15 is 0 Å². The maximum absolute atomic E-state index is 13.8. The van der Waals surface area contributed by atoms with Gasteiger partial charge in [-0.05, 0) is 37.0 Å². The fourth-order valence-corrected chi connectivity index (χ4v) is 2.76. The minimum absolute atomic E-state index is 0.0685. The zero-order valence-corrected chi connectivity index (χ0v) is 13.0. The third kappa shape index (κ3) is 3.89. The molecule has 0 radical (unpaired) electrons. The minimum atomic E-state index is -0.252. The molecule has 0 aliphatic heterocycles. The number of hydrogen-bond donors (Lipinski definition) is 1. The lowest BCUT2D eigenvalue weighted by Crippen LogP contribution is -2.33. The summed E-state index contributed by atoms with van der Waals surface area (Å²) in [7, 11) is 0. The van der Waals surface area contributed by atoms with Crippen LogP contribution < -0.4 is 5.73 Å². The second kappa shape index (κ2) is 6.82. The van der Waals surface area contributed by atoms with E-state index in [0.29, 0.717) is 30.6 Å². The van der Waals surface area contributed by atoms with Gasteiger partial charge in [-0.25, -0.2) is 4.39 Å². The molecule has 0 saturated heterocycles. The Hall–Kier alpha value is -2.36. The van der Waals surface area contributed by atoms with E-state index < -0.39 is 0 Å². The summed E-state index contributed by atoms with van der Waals surface area (Å²) in [6.07, 6.45) is 3.03. The van der Waals surface area contributed by atoms with Crippen LogP contribution in [0.25, 0.3) is 0 Å². The predicted molar refractivity (Wildman–Crippen MR) is 89.1 cm³/mol. The van der Waals surface area contributed by atoms with Gasteiger partial charge in [0.25, 0.3) is 0 Å². The summed E-state index contributed by atoms with van der Waals surface area (Å²) < 4.78 is 13.8. The maximum atomic E-state index is 13.8. The van der Waals surface area contributed by atoms with Crippen LogP contribution in [0.2, 0.25) is 0 Å². The first kappa shape index (κ1) is 15.5. The van der Waals surface area contributed by atoms with Crippen LogP contribution in [0.15, 0.2) is 48.5 Å². The van der Waals surface area contributed by atoms with Gasteiger partial charge in [0, 0.05) is 30.3 Å². The van der Waals surface area contributed by atoms with Gasteiger partial charge < -0.3 is 10.6 Å². The Bertz CT molecular complexity index is 697. The third-order valence-electron chi connectivity index (χ3n) is 4.27. The fourth-order valence-electron chi connectivity index (χ4n) is 2.76. The molecule has 4 heteroatoms. The summed E-state index contributed by atoms with van der Waals surface area (Å²) in [6, 6.07) is 14.5. The molecule has 0 spiro atoms. The van der Waals surface area contributed by atoms with Crippen LogP contribution in [0.3, 0.4) is 0 Å². The molecular formula is C19H21FN2O. The maximum Gasteiger partial charge on any atom is 0.223 e. The Kier molecular flexibility index (Phi) is 4.60. The van der Waals surface area contributed by atoms with Crippen LogP contribution in [-0.2, 0) is 17.8 Å². The molecule has 0 aromatic heterocycles. The standard InChI is InChI=1S/C19H21FN2O/c20-17-7-3-1-6-15(17)13-22(16-10-11-16)19(23)12-9-14-5-2-4-8-18(14)21/h1-8,16H,9-13,21H2. The zero-order valence-electron chi connectivity index (χ0n) is 13.0. The molecule has 1 aliphatic carbocycles. The number of nitrogen functional groups attached to an aromatic ring is 1. The van der Waals surface area contributed by atoms with Crippen molar-refractivity contribution in [1.29, 1.82) is 0 Å². The number of nitrogens with zero attached hydrogens (tertiary/aromatic N) is 1. The van der Waals surface area contributed by atoms with Crippen molar-refractivity contribution in [3.8, 4) is 0 Å². The van der Waals surface area contributed by atoms with Gasteiger partial charge in [-0.3, -0.25) is 4.79 Å². The van der Waals surface area contributed by atoms with Crippen molar-refractivity contribution in [2.75, 3.05) is 5.73 Å². The highest BCUT2D eigenvalue weighted by molar-refractivity contribution is 5.77. The summed E-state index contributed by atoms with van der Waals surface area (Å²) in [5, 5.41) is 0. The summed E-state index contributed by atoms with van der Waals surface area (Å²) in [5.41, 5.74) is 8.20. The molecule has 2 aromatic rings. The van der Waals surface area contributed by atoms with E-state index in [-0.39, 0.29) is 17.8 Å². The van der Waals surface area contributed by atoms with Gasteiger partial charge in [0.05, 0.1) is 0 Å². The molecule has 2 aromatic carbocycles. The Morgan fingerprint density at radius 2 is 1.74 bits per heavy atom. The van der Waals surface area contributed by atoms with E-state index in [1.54, 1.807) is 18.2 Å². The Labute approximate surface area is 135 Å². The van der Waals surface area contributed by atoms with E-state index in [9.17, 15) is 9.18 Å². The van der Waals surface area contributed by atoms with E-state index in [0.717, 1.165) is 18.4 Å². The molecule has 1 amide bonds. The number of anilines is 1. The number of para-hydroxylation sites is 1. The van der Waals surface area contributed by atoms with E-state index in [4.69, 9.17) is 5.73 Å². The largest absolute Gasteiger partial charge is 0.399 e. The topological polar surface area (TPSA) is 46.3 Å². The monoisotopic (exact) mass is 312 g/mol. The Balaban J connectivity index is 1.65. The highest BCUT2D eigenvalue weighted by atomic mass is 19.1. The van der Waals surface area contributed by atoms with Crippen LogP contribution in [-0.4, -0.2) is 16.8 Å². The van der Waals surface area contributed by atoms with Crippen LogP contribution in [0, 0.1) is 5.82 Å². The smallest absolute Gasteiger partial charge is 0.223 e. The van der Waals surface area contributed by atoms with Crippen LogP contribution in [0.4, 0.5) is 10.1 Å². The highest BCUT2D eigenvalue weighted by Crippen LogP contribution is 2.29. The number of benzene rings is 2. The molecule has 0 atom stereocenters. The number of carbonyl (C=O) groups is 1. The first-order valence-corrected chi connectivity index (χ1v) is 8.01. The molecule has 1 saturated carbocycles. The molecule has 3 rings (SSSR count). The first-order valence-electron chi connectivity index (χ1n) is 8.01. The van der Waals surface area contributed by atoms with Gasteiger partial charge in [0.1, 0.15) is 5.82 Å². The van der Waals surface area contributed by atoms with Crippen molar-refractivity contribution >= 4 is 11.6 Å². The summed E-state index contributed by atoms with van der Waals surface area (Å²) >= 11 is 0. The van der Waals surface area contributed by atoms with Crippen LogP contribution >= 0.6 is 0 Å². The van der Waals surface area contributed by atoms with Gasteiger partial charge in [0.15, 0.2) is 0 Å². The van der Waals surface area contributed by atoms with Gasteiger partial charge in [-0.1, -0.05) is 36.4 Å². The fraction of sp³-hybridized carbons (Fsp3) is 0.316. The van der Waals surface area contributed by atoms with Crippen molar-refractivity contribution in [2.24, 2.45) is 0 Å². The number of halogens is 1. The molecule has 23 heavy (non-hydrogen) atoms. The van der Waals surface area contributed by atoms with Crippen molar-refractivity contribution in [3.63, 3.8) is 0 Å². The lowest BCUT2D eigenvalue weighted by Gasteiger charge is -2.23. The summed E-state index contributed by atoms with van der Waals surface area (Å²) in [4.78, 5) is 14.4. The van der Waals surface area contributed by atoms with Crippen molar-refractivity contribution in [3.05, 3.63) is 65.5 Å². The van der Waals surface area contributed by atoms with Crippen molar-refractivity contribution in [1.82, 2.24) is 4.90 Å². The third-order valence-corrected chi connectivity index (χ3v) is 4.27. The van der Waals surface area contributed by atoms with E-state index in [2.05, 4.69) is 0 Å². The number of amides is 1. The highest BCUT2D eigenvalue weighted by Gasteiger charge is 2.32. The lowest BCUT2D eigenvalue weighted by molar-refractivity contribution is -0.132. The number of carbonyl (C=O) groups excluding carboxylic acids is 1. The quantitative estimate of drug-likeness (QED) is 0.829. The summed E-state index contributed by atoms with van der Waals surface area (Å²) in [6.45, 7) is 0.348. The van der Waals surface area contributed by atoms with Crippen molar-refractivity contribution in [2.45, 2.75) is 38.3 Å². The molecule has 1 aliphatic rings. The van der Waals surface area contributed by atoms with E-state index in [1.165, 1.54) is 6.07 Å². The second-order valence-electron chi connectivity index (χ2n) is 6.04. The normalized spacial score (nSPS) is 13.8. The Morgan fingerprint density at radius 1 is 1.09 bits per heavy atom. The first-order chi connectivity index (χ1) is 11.1. The van der Waals surface area contributed by atoms with E-state index in [1.807, 2.05) is 29.2 Å². The SMILES string of the molecule is Nc1ccccc1CCC(=O)N(Cc1ccccc1F)C1CC1. The second-order valence-corrected chi connectivity index (χ2v) is 6.04. The molecule has 0 bridgehead atoms. The van der Waals surface area contributed by atoms with Gasteiger partial charge in [-0.15, -0.1) is 0 Å². The molecule has 3 nitrogen and oxygen atoms in total. The number of hydrogen-bond acceptors (Lipinski definition) is 2. The molecule has 0 heterocycles. The minimum Gasteiger partial charge on any atom is -0.399 e. The van der Waals surface area contributed by atoms with Crippen LogP contribution in [0.5, 0.6) is 0 Å². The molecule has 0 unspecified atom stereocenters. The van der Waals surface area contributed by atoms with Crippen LogP contribution in [0.1, 0.15) is 30.4 Å². The van der Waals surface area contributed by atoms with Crippen molar-refractivity contribution < 1.29 is 9.18 Å². The lowest BCUT2D eigenvalue weighted by atomic mass is 10.1. The Morgan fingerprint density at radius 3 is 2.39 bits per heavy atom.